The van der Waals surface area contributed by atoms with E-state index in [0.717, 1.165) is 0 Å². The van der Waals surface area contributed by atoms with Gasteiger partial charge in [-0.3, -0.25) is 0 Å². The number of aromatic hydroxyl groups is 1. The standard InChI is InChI=1S/C9H10N4O/c1-13-8(9(10)11-12-13)6-4-2-3-5-7(6)14/h2-5,14H,10H2,1H3. The zero-order valence-corrected chi connectivity index (χ0v) is 7.68. The van der Waals surface area contributed by atoms with Gasteiger partial charge in [-0.1, -0.05) is 17.3 Å². The molecular formula is C9H10N4O. The van der Waals surface area contributed by atoms with Crippen LogP contribution < -0.4 is 5.73 Å². The number of phenols is 1. The molecule has 0 spiro atoms. The van der Waals surface area contributed by atoms with E-state index in [1.54, 1.807) is 25.2 Å². The molecule has 1 aromatic heterocycles. The number of nitrogens with zero attached hydrogens (tertiary/aromatic N) is 3. The van der Waals surface area contributed by atoms with Gasteiger partial charge in [0.1, 0.15) is 11.4 Å². The van der Waals surface area contributed by atoms with Crippen LogP contribution in [-0.2, 0) is 7.05 Å². The van der Waals surface area contributed by atoms with Gasteiger partial charge in [0.05, 0.1) is 0 Å². The second-order valence-corrected chi connectivity index (χ2v) is 2.96. The molecular weight excluding hydrogens is 180 g/mol. The lowest BCUT2D eigenvalue weighted by molar-refractivity contribution is 0.476. The lowest BCUT2D eigenvalue weighted by Gasteiger charge is -2.03. The Morgan fingerprint density at radius 3 is 2.64 bits per heavy atom. The van der Waals surface area contributed by atoms with Crippen molar-refractivity contribution in [2.45, 2.75) is 0 Å². The minimum absolute atomic E-state index is 0.171. The van der Waals surface area contributed by atoms with E-state index in [-0.39, 0.29) is 5.75 Å². The molecule has 0 aliphatic carbocycles. The largest absolute Gasteiger partial charge is 0.507 e. The molecule has 1 aromatic carbocycles. The van der Waals surface area contributed by atoms with Crippen molar-refractivity contribution < 1.29 is 5.11 Å². The van der Waals surface area contributed by atoms with Crippen molar-refractivity contribution in [1.29, 1.82) is 0 Å². The molecule has 0 aliphatic rings. The van der Waals surface area contributed by atoms with Gasteiger partial charge >= 0.3 is 0 Å². The van der Waals surface area contributed by atoms with Crippen LogP contribution in [0.2, 0.25) is 0 Å². The summed E-state index contributed by atoms with van der Waals surface area (Å²) in [7, 11) is 1.73. The van der Waals surface area contributed by atoms with Crippen LogP contribution in [0.3, 0.4) is 0 Å². The average molecular weight is 190 g/mol. The van der Waals surface area contributed by atoms with Crippen molar-refractivity contribution in [1.82, 2.24) is 15.0 Å². The predicted molar refractivity (Wildman–Crippen MR) is 52.5 cm³/mol. The highest BCUT2D eigenvalue weighted by Gasteiger charge is 2.12. The van der Waals surface area contributed by atoms with Gasteiger partial charge in [0, 0.05) is 12.6 Å². The molecule has 5 heteroatoms. The van der Waals surface area contributed by atoms with Crippen LogP contribution in [0.25, 0.3) is 11.3 Å². The summed E-state index contributed by atoms with van der Waals surface area (Å²) in [6, 6.07) is 6.94. The summed E-state index contributed by atoms with van der Waals surface area (Å²) in [5.41, 5.74) is 6.90. The van der Waals surface area contributed by atoms with Crippen molar-refractivity contribution in [3.05, 3.63) is 24.3 Å². The van der Waals surface area contributed by atoms with Crippen molar-refractivity contribution in [2.24, 2.45) is 7.05 Å². The SMILES string of the molecule is Cn1nnc(N)c1-c1ccccc1O. The topological polar surface area (TPSA) is 77.0 Å². The van der Waals surface area contributed by atoms with Crippen molar-refractivity contribution in [3.8, 4) is 17.0 Å². The highest BCUT2D eigenvalue weighted by molar-refractivity contribution is 5.74. The molecule has 0 atom stereocenters. The third kappa shape index (κ3) is 1.19. The van der Waals surface area contributed by atoms with Gasteiger partial charge in [0.2, 0.25) is 0 Å². The third-order valence-corrected chi connectivity index (χ3v) is 2.01. The number of phenolic OH excluding ortho intramolecular Hbond substituents is 1. The number of hydrogen-bond donors (Lipinski definition) is 2. The fourth-order valence-corrected chi connectivity index (χ4v) is 1.36. The molecule has 3 N–H and O–H groups in total. The first kappa shape index (κ1) is 8.55. The highest BCUT2D eigenvalue weighted by atomic mass is 16.3. The number of aromatic nitrogens is 3. The molecule has 0 saturated carbocycles. The van der Waals surface area contributed by atoms with Crippen molar-refractivity contribution >= 4 is 5.82 Å². The molecule has 2 aromatic rings. The molecule has 0 aliphatic heterocycles. The zero-order valence-electron chi connectivity index (χ0n) is 7.68. The third-order valence-electron chi connectivity index (χ3n) is 2.01. The summed E-state index contributed by atoms with van der Waals surface area (Å²) >= 11 is 0. The van der Waals surface area contributed by atoms with Crippen LogP contribution in [0.4, 0.5) is 5.82 Å². The molecule has 72 valence electrons. The fourth-order valence-electron chi connectivity index (χ4n) is 1.36. The number of hydrogen-bond acceptors (Lipinski definition) is 4. The van der Waals surface area contributed by atoms with E-state index >= 15 is 0 Å². The van der Waals surface area contributed by atoms with Crippen LogP contribution in [-0.4, -0.2) is 20.1 Å². The number of nitrogens with two attached hydrogens (primary N) is 1. The Bertz CT molecular complexity index is 444. The van der Waals surface area contributed by atoms with Gasteiger partial charge in [-0.05, 0) is 12.1 Å². The summed E-state index contributed by atoms with van der Waals surface area (Å²) in [4.78, 5) is 0. The number of para-hydroxylation sites is 1. The lowest BCUT2D eigenvalue weighted by atomic mass is 10.1. The van der Waals surface area contributed by atoms with E-state index in [2.05, 4.69) is 10.3 Å². The van der Waals surface area contributed by atoms with Crippen molar-refractivity contribution in [2.75, 3.05) is 5.73 Å². The van der Waals surface area contributed by atoms with Crippen LogP contribution in [0.1, 0.15) is 0 Å². The van der Waals surface area contributed by atoms with Crippen LogP contribution in [0, 0.1) is 0 Å². The van der Waals surface area contributed by atoms with Crippen LogP contribution >= 0.6 is 0 Å². The average Bonchev–Trinajstić information content (AvgIpc) is 2.48. The fraction of sp³-hybridized carbons (Fsp3) is 0.111. The molecule has 0 amide bonds. The van der Waals surface area contributed by atoms with Gasteiger partial charge in [0.25, 0.3) is 0 Å². The minimum Gasteiger partial charge on any atom is -0.507 e. The number of rotatable bonds is 1. The Morgan fingerprint density at radius 2 is 2.07 bits per heavy atom. The zero-order chi connectivity index (χ0) is 10.1. The van der Waals surface area contributed by atoms with E-state index in [1.807, 2.05) is 6.07 Å². The maximum absolute atomic E-state index is 9.61. The maximum Gasteiger partial charge on any atom is 0.174 e. The Kier molecular flexibility index (Phi) is 1.85. The van der Waals surface area contributed by atoms with E-state index in [4.69, 9.17) is 5.73 Å². The lowest BCUT2D eigenvalue weighted by Crippen LogP contribution is -1.95. The second kappa shape index (κ2) is 3.02. The number of aryl methyl sites for hydroxylation is 1. The molecule has 0 unspecified atom stereocenters. The summed E-state index contributed by atoms with van der Waals surface area (Å²) in [6.45, 7) is 0. The molecule has 2 rings (SSSR count). The highest BCUT2D eigenvalue weighted by Crippen LogP contribution is 2.30. The Hall–Kier alpha value is -2.04. The van der Waals surface area contributed by atoms with Crippen LogP contribution in [0.5, 0.6) is 5.75 Å². The van der Waals surface area contributed by atoms with Gasteiger partial charge in [-0.25, -0.2) is 4.68 Å². The quantitative estimate of drug-likeness (QED) is 0.696. The molecule has 5 nitrogen and oxygen atoms in total. The maximum atomic E-state index is 9.61. The Balaban J connectivity index is 2.66. The molecule has 0 radical (unpaired) electrons. The number of anilines is 1. The van der Waals surface area contributed by atoms with Gasteiger partial charge in [0.15, 0.2) is 5.82 Å². The minimum atomic E-state index is 0.171. The summed E-state index contributed by atoms with van der Waals surface area (Å²) in [5, 5.41) is 17.1. The Morgan fingerprint density at radius 1 is 1.36 bits per heavy atom. The first-order chi connectivity index (χ1) is 6.70. The first-order valence-electron chi connectivity index (χ1n) is 4.13. The normalized spacial score (nSPS) is 10.4. The number of benzene rings is 1. The molecule has 0 fully saturated rings. The van der Waals surface area contributed by atoms with E-state index < -0.39 is 0 Å². The molecule has 0 bridgehead atoms. The van der Waals surface area contributed by atoms with Gasteiger partial charge in [-0.2, -0.15) is 0 Å². The van der Waals surface area contributed by atoms with Gasteiger partial charge in [-0.15, -0.1) is 5.10 Å². The Labute approximate surface area is 80.8 Å². The summed E-state index contributed by atoms with van der Waals surface area (Å²) in [6.07, 6.45) is 0. The monoisotopic (exact) mass is 190 g/mol. The number of nitrogen functional groups attached to an aromatic ring is 1. The molecule has 14 heavy (non-hydrogen) atoms. The van der Waals surface area contributed by atoms with E-state index in [1.165, 1.54) is 4.68 Å². The van der Waals surface area contributed by atoms with E-state index in [9.17, 15) is 5.11 Å². The second-order valence-electron chi connectivity index (χ2n) is 2.96. The summed E-state index contributed by atoms with van der Waals surface area (Å²) < 4.78 is 1.53. The molecule has 1 heterocycles. The van der Waals surface area contributed by atoms with E-state index in [0.29, 0.717) is 17.1 Å². The summed E-state index contributed by atoms with van der Waals surface area (Å²) in [5.74, 6) is 0.485. The van der Waals surface area contributed by atoms with Crippen LogP contribution in [0.15, 0.2) is 24.3 Å². The molecule has 0 saturated heterocycles. The van der Waals surface area contributed by atoms with Gasteiger partial charge < -0.3 is 10.8 Å². The first-order valence-corrected chi connectivity index (χ1v) is 4.13. The smallest absolute Gasteiger partial charge is 0.174 e. The predicted octanol–water partition coefficient (Wildman–Crippen LogP) is 0.770. The van der Waals surface area contributed by atoms with Crippen molar-refractivity contribution in [3.63, 3.8) is 0 Å².